The highest BCUT2D eigenvalue weighted by Gasteiger charge is 2.30. The molecule has 0 aliphatic rings. The Morgan fingerprint density at radius 3 is 0.792 bits per heavy atom. The van der Waals surface area contributed by atoms with Gasteiger partial charge in [0.05, 0.1) is 26.4 Å². The number of hydrogen-bond acceptors (Lipinski definition) is 15. The van der Waals surface area contributed by atoms with E-state index in [1.165, 1.54) is 89.9 Å². The molecule has 0 bridgehead atoms. The molecule has 5 atom stereocenters. The van der Waals surface area contributed by atoms with Crippen molar-refractivity contribution in [1.29, 1.82) is 0 Å². The van der Waals surface area contributed by atoms with E-state index >= 15 is 0 Å². The molecule has 0 aromatic heterocycles. The monoisotopic (exact) mass is 1520 g/mol. The Morgan fingerprint density at radius 1 is 0.274 bits per heavy atom. The van der Waals surface area contributed by atoms with Crippen LogP contribution in [-0.4, -0.2) is 96.7 Å². The normalized spacial score (nSPS) is 14.7. The molecule has 604 valence electrons. The molecule has 0 heterocycles. The first-order valence-corrected chi connectivity index (χ1v) is 43.7. The van der Waals surface area contributed by atoms with Crippen LogP contribution in [0.2, 0.25) is 0 Å². The van der Waals surface area contributed by atoms with Crippen LogP contribution in [-0.2, 0) is 65.4 Å². The lowest BCUT2D eigenvalue weighted by Gasteiger charge is -2.21. The summed E-state index contributed by atoms with van der Waals surface area (Å²) in [5.74, 6) is -2.38. The van der Waals surface area contributed by atoms with E-state index in [0.717, 1.165) is 128 Å². The Kier molecular flexibility index (Phi) is 73.9. The molecular weight excluding hydrogens is 1380 g/mol. The average Bonchev–Trinajstić information content (AvgIpc) is 1.23. The number of allylic oxidation sites excluding steroid dienone is 26. The summed E-state index contributed by atoms with van der Waals surface area (Å²) in [7, 11) is -10.0. The van der Waals surface area contributed by atoms with Gasteiger partial charge in [-0.25, -0.2) is 9.13 Å². The van der Waals surface area contributed by atoms with Crippen LogP contribution in [0.3, 0.4) is 0 Å². The van der Waals surface area contributed by atoms with Gasteiger partial charge in [0.1, 0.15) is 19.3 Å². The topological polar surface area (TPSA) is 237 Å². The van der Waals surface area contributed by atoms with Crippen molar-refractivity contribution in [1.82, 2.24) is 0 Å². The van der Waals surface area contributed by atoms with Gasteiger partial charge in [-0.15, -0.1) is 0 Å². The lowest BCUT2D eigenvalue weighted by Crippen LogP contribution is -2.30. The second-order valence-electron chi connectivity index (χ2n) is 26.6. The number of hydrogen-bond donors (Lipinski definition) is 3. The second kappa shape index (κ2) is 77.8. The molecule has 0 saturated heterocycles. The van der Waals surface area contributed by atoms with Crippen molar-refractivity contribution in [3.05, 3.63) is 158 Å². The van der Waals surface area contributed by atoms with E-state index in [1.807, 2.05) is 36.5 Å². The van der Waals surface area contributed by atoms with Crippen LogP contribution in [0.4, 0.5) is 0 Å². The highest BCUT2D eigenvalue weighted by atomic mass is 31.2. The summed E-state index contributed by atoms with van der Waals surface area (Å²) in [6.45, 7) is 4.47. The molecule has 0 fully saturated rings. The minimum Gasteiger partial charge on any atom is -0.462 e. The van der Waals surface area contributed by atoms with E-state index in [2.05, 4.69) is 149 Å². The third-order valence-corrected chi connectivity index (χ3v) is 18.4. The maximum absolute atomic E-state index is 13.1. The van der Waals surface area contributed by atoms with Crippen LogP contribution in [0.1, 0.15) is 310 Å². The molecule has 0 aromatic rings. The first-order chi connectivity index (χ1) is 51.7. The second-order valence-corrected chi connectivity index (χ2v) is 29.5. The van der Waals surface area contributed by atoms with E-state index in [4.69, 9.17) is 37.0 Å². The fourth-order valence-corrected chi connectivity index (χ4v) is 12.0. The van der Waals surface area contributed by atoms with Gasteiger partial charge >= 0.3 is 39.5 Å². The summed E-state index contributed by atoms with van der Waals surface area (Å²) < 4.78 is 68.5. The summed E-state index contributed by atoms with van der Waals surface area (Å²) in [5.41, 5.74) is 0. The van der Waals surface area contributed by atoms with Gasteiger partial charge in [-0.3, -0.25) is 37.3 Å². The summed E-state index contributed by atoms with van der Waals surface area (Å²) >= 11 is 0. The van der Waals surface area contributed by atoms with E-state index < -0.39 is 97.5 Å². The number of unbranched alkanes of at least 4 members (excludes halogenated alkanes) is 23. The van der Waals surface area contributed by atoms with Gasteiger partial charge in [-0.05, 0) is 128 Å². The van der Waals surface area contributed by atoms with Crippen molar-refractivity contribution in [3.63, 3.8) is 0 Å². The molecular formula is C87H144O17P2. The Bertz CT molecular complexity index is 2630. The molecule has 0 aliphatic carbocycles. The fraction of sp³-hybridized carbons (Fsp3) is 0.655. The van der Waals surface area contributed by atoms with Crippen molar-refractivity contribution in [2.24, 2.45) is 0 Å². The van der Waals surface area contributed by atoms with Gasteiger partial charge in [0.15, 0.2) is 12.2 Å². The molecule has 0 amide bonds. The van der Waals surface area contributed by atoms with E-state index in [1.54, 1.807) is 0 Å². The van der Waals surface area contributed by atoms with Crippen LogP contribution >= 0.6 is 15.6 Å². The molecule has 0 aliphatic heterocycles. The lowest BCUT2D eigenvalue weighted by molar-refractivity contribution is -0.161. The summed E-state index contributed by atoms with van der Waals surface area (Å²) in [6, 6.07) is 0. The maximum Gasteiger partial charge on any atom is 0.472 e. The third kappa shape index (κ3) is 76.9. The summed E-state index contributed by atoms with van der Waals surface area (Å²) in [6.07, 6.45) is 91.1. The van der Waals surface area contributed by atoms with Gasteiger partial charge < -0.3 is 33.8 Å². The van der Waals surface area contributed by atoms with Crippen LogP contribution in [0.15, 0.2) is 158 Å². The van der Waals surface area contributed by atoms with Crippen molar-refractivity contribution >= 4 is 39.5 Å². The Morgan fingerprint density at radius 2 is 0.509 bits per heavy atom. The van der Waals surface area contributed by atoms with E-state index in [0.29, 0.717) is 38.5 Å². The number of phosphoric ester groups is 2. The van der Waals surface area contributed by atoms with Crippen molar-refractivity contribution in [3.8, 4) is 0 Å². The number of aliphatic hydroxyl groups is 1. The predicted molar refractivity (Wildman–Crippen MR) is 436 cm³/mol. The molecule has 0 rings (SSSR count). The smallest absolute Gasteiger partial charge is 0.462 e. The third-order valence-electron chi connectivity index (χ3n) is 16.5. The van der Waals surface area contributed by atoms with Crippen molar-refractivity contribution in [2.45, 2.75) is 329 Å². The van der Waals surface area contributed by atoms with Crippen LogP contribution in [0.25, 0.3) is 0 Å². The molecule has 0 aromatic carbocycles. The molecule has 0 saturated carbocycles. The number of aliphatic hydroxyl groups excluding tert-OH is 1. The zero-order chi connectivity index (χ0) is 77.4. The first kappa shape index (κ1) is 101. The zero-order valence-corrected chi connectivity index (χ0v) is 67.8. The number of esters is 4. The average molecular weight is 1520 g/mol. The molecule has 19 heteroatoms. The highest BCUT2D eigenvalue weighted by Crippen LogP contribution is 2.45. The molecule has 2 unspecified atom stereocenters. The number of carbonyl (C=O) groups excluding carboxylic acids is 4. The Labute approximate surface area is 642 Å². The first-order valence-electron chi connectivity index (χ1n) is 40.7. The lowest BCUT2D eigenvalue weighted by atomic mass is 10.0. The van der Waals surface area contributed by atoms with Gasteiger partial charge in [0.25, 0.3) is 0 Å². The standard InChI is InChI=1S/C87H144O17P2/c1-5-9-13-17-21-25-29-33-36-38-40-42-45-49-53-57-61-65-69-73-86(91)103-82(77-97-84(89)71-67-63-59-55-51-47-32-28-24-20-16-12-8-4)79-101-105(93,94)99-75-81(88)76-100-106(95,96)102-80-83(78-98-85(90)72-68-64-60-56-52-48-44-35-31-27-23-19-15-11-7-3)104-87(92)74-70-66-62-58-54-50-46-43-41-39-37-34-30-26-22-18-14-10-6-2/h9-10,13-14,21-22,25-26,33-37,40-44,49-50,53-54,61-62,65-66,81-83,88H,5-8,11-12,15-20,23-24,27-32,38-39,45-48,51-52,55-60,63-64,67-80H2,1-4H3,(H,93,94)(H,95,96)/b13-9-,14-10-,25-21-,26-22-,36-33-,37-34-,42-40-,43-41-,44-35-,53-49-,54-50-,65-61-,66-62-/t81-,82+,83+/m0/s1. The zero-order valence-electron chi connectivity index (χ0n) is 66.1. The molecule has 17 nitrogen and oxygen atoms in total. The largest absolute Gasteiger partial charge is 0.472 e. The van der Waals surface area contributed by atoms with Gasteiger partial charge in [0.2, 0.25) is 0 Å². The quantitative estimate of drug-likeness (QED) is 0.0169. The Hall–Kier alpha value is -5.32. The maximum atomic E-state index is 13.1. The fourth-order valence-electron chi connectivity index (χ4n) is 10.4. The van der Waals surface area contributed by atoms with Gasteiger partial charge in [-0.1, -0.05) is 314 Å². The van der Waals surface area contributed by atoms with E-state index in [-0.39, 0.29) is 25.7 Å². The molecule has 106 heavy (non-hydrogen) atoms. The van der Waals surface area contributed by atoms with Gasteiger partial charge in [-0.2, -0.15) is 0 Å². The molecule has 0 spiro atoms. The van der Waals surface area contributed by atoms with Gasteiger partial charge in [0, 0.05) is 25.7 Å². The van der Waals surface area contributed by atoms with E-state index in [9.17, 15) is 43.2 Å². The number of ether oxygens (including phenoxy) is 4. The highest BCUT2D eigenvalue weighted by molar-refractivity contribution is 7.47. The minimum absolute atomic E-state index is 0.0350. The summed E-state index contributed by atoms with van der Waals surface area (Å²) in [5, 5.41) is 10.6. The number of carbonyl (C=O) groups is 4. The number of rotatable bonds is 75. The minimum atomic E-state index is -5.01. The molecule has 0 radical (unpaired) electrons. The van der Waals surface area contributed by atoms with Crippen molar-refractivity contribution < 1.29 is 80.2 Å². The number of phosphoric acid groups is 2. The van der Waals surface area contributed by atoms with Crippen LogP contribution in [0, 0.1) is 0 Å². The Balaban J connectivity index is 5.51. The van der Waals surface area contributed by atoms with Crippen molar-refractivity contribution in [2.75, 3.05) is 39.6 Å². The van der Waals surface area contributed by atoms with Crippen LogP contribution in [0.5, 0.6) is 0 Å². The summed E-state index contributed by atoms with van der Waals surface area (Å²) in [4.78, 5) is 73.0. The van der Waals surface area contributed by atoms with Crippen LogP contribution < -0.4 is 0 Å². The predicted octanol–water partition coefficient (Wildman–Crippen LogP) is 24.0. The SMILES string of the molecule is CC/C=C\C/C=C\C/C=C\C/C=C\C/C=C\C/C=C\CCC(=O)O[C@H](COC(=O)CCCCCCC/C=C\CCCCCCCC)COP(=O)(O)OC[C@@H](O)COP(=O)(O)OC[C@@H](COC(=O)CCCCCCCCCCCCCCC)OC(=O)CC/C=C\C/C=C\C/C=C\C/C=C\C/C=C\C/C=C\CC. The molecule has 3 N–H and O–H groups in total.